The second kappa shape index (κ2) is 6.00. The topological polar surface area (TPSA) is 96.5 Å². The fourth-order valence-corrected chi connectivity index (χ4v) is 3.62. The van der Waals surface area contributed by atoms with Crippen LogP contribution in [0.4, 0.5) is 5.69 Å². The van der Waals surface area contributed by atoms with E-state index >= 15 is 0 Å². The largest absolute Gasteiger partial charge is 0.469 e. The first kappa shape index (κ1) is 15.7. The molecule has 1 fully saturated rings. The fourth-order valence-electron chi connectivity index (χ4n) is 2.16. The van der Waals surface area contributed by atoms with Crippen molar-refractivity contribution in [2.45, 2.75) is 19.2 Å². The smallest absolute Gasteiger partial charge is 0.312 e. The summed E-state index contributed by atoms with van der Waals surface area (Å²) >= 11 is 0. The Bertz CT molecular complexity index is 645. The molecule has 2 atom stereocenters. The van der Waals surface area contributed by atoms with Crippen LogP contribution in [0.2, 0.25) is 0 Å². The molecule has 116 valence electrons. The van der Waals surface area contributed by atoms with Crippen LogP contribution in [-0.2, 0) is 19.6 Å². The first-order chi connectivity index (χ1) is 9.85. The lowest BCUT2D eigenvalue weighted by Crippen LogP contribution is -2.44. The Labute approximate surface area is 124 Å². The SMILES string of the molecule is COC(=O)C1CNNC1S(=O)(=O)Nc1ccc(C)c(C)c1. The summed E-state index contributed by atoms with van der Waals surface area (Å²) in [6, 6.07) is 5.28. The number of rotatable bonds is 4. The molecule has 2 unspecified atom stereocenters. The molecule has 21 heavy (non-hydrogen) atoms. The molecule has 8 heteroatoms. The molecule has 1 aliphatic heterocycles. The van der Waals surface area contributed by atoms with Crippen molar-refractivity contribution in [1.29, 1.82) is 0 Å². The van der Waals surface area contributed by atoms with Crippen LogP contribution in [0, 0.1) is 19.8 Å². The molecule has 0 amide bonds. The van der Waals surface area contributed by atoms with Crippen LogP contribution in [0.5, 0.6) is 0 Å². The van der Waals surface area contributed by atoms with Gasteiger partial charge in [-0.25, -0.2) is 13.8 Å². The average molecular weight is 313 g/mol. The van der Waals surface area contributed by atoms with Crippen molar-refractivity contribution in [2.75, 3.05) is 18.4 Å². The summed E-state index contributed by atoms with van der Waals surface area (Å²) in [6.45, 7) is 4.05. The first-order valence-electron chi connectivity index (χ1n) is 6.50. The van der Waals surface area contributed by atoms with Crippen molar-refractivity contribution in [3.8, 4) is 0 Å². The monoisotopic (exact) mass is 313 g/mol. The van der Waals surface area contributed by atoms with E-state index in [0.717, 1.165) is 11.1 Å². The summed E-state index contributed by atoms with van der Waals surface area (Å²) < 4.78 is 31.9. The van der Waals surface area contributed by atoms with E-state index in [9.17, 15) is 13.2 Å². The maximum atomic E-state index is 12.4. The number of ether oxygens (including phenoxy) is 1. The third kappa shape index (κ3) is 3.34. The van der Waals surface area contributed by atoms with E-state index in [4.69, 9.17) is 0 Å². The Morgan fingerprint density at radius 2 is 2.05 bits per heavy atom. The van der Waals surface area contributed by atoms with Gasteiger partial charge in [-0.05, 0) is 37.1 Å². The van der Waals surface area contributed by atoms with E-state index in [1.807, 2.05) is 19.9 Å². The molecule has 1 aromatic rings. The zero-order valence-electron chi connectivity index (χ0n) is 12.1. The van der Waals surface area contributed by atoms with Gasteiger partial charge < -0.3 is 4.74 Å². The molecule has 0 radical (unpaired) electrons. The standard InChI is InChI=1S/C13H19N3O4S/c1-8-4-5-10(6-9(8)2)16-21(18,19)12-11(7-14-15-12)13(17)20-3/h4-6,11-12,14-16H,7H2,1-3H3. The van der Waals surface area contributed by atoms with Crippen molar-refractivity contribution in [2.24, 2.45) is 5.92 Å². The Hall–Kier alpha value is -1.64. The number of anilines is 1. The van der Waals surface area contributed by atoms with Crippen molar-refractivity contribution in [1.82, 2.24) is 10.9 Å². The first-order valence-corrected chi connectivity index (χ1v) is 8.05. The van der Waals surface area contributed by atoms with Crippen LogP contribution in [0.1, 0.15) is 11.1 Å². The van der Waals surface area contributed by atoms with Crippen molar-refractivity contribution >= 4 is 21.7 Å². The molecule has 3 N–H and O–H groups in total. The Morgan fingerprint density at radius 1 is 1.33 bits per heavy atom. The summed E-state index contributed by atoms with van der Waals surface area (Å²) in [5.74, 6) is -1.36. The lowest BCUT2D eigenvalue weighted by Gasteiger charge is -2.18. The van der Waals surface area contributed by atoms with Crippen LogP contribution < -0.4 is 15.6 Å². The molecule has 0 aliphatic carbocycles. The third-order valence-corrected chi connectivity index (χ3v) is 5.17. The summed E-state index contributed by atoms with van der Waals surface area (Å²) in [4.78, 5) is 11.6. The number of sulfonamides is 1. The Balaban J connectivity index is 2.21. The van der Waals surface area contributed by atoms with Crippen molar-refractivity contribution in [3.05, 3.63) is 29.3 Å². The van der Waals surface area contributed by atoms with Gasteiger partial charge in [0.2, 0.25) is 0 Å². The molecule has 1 heterocycles. The van der Waals surface area contributed by atoms with Crippen molar-refractivity contribution in [3.63, 3.8) is 0 Å². The average Bonchev–Trinajstić information content (AvgIpc) is 2.92. The number of aryl methyl sites for hydroxylation is 2. The van der Waals surface area contributed by atoms with Crippen molar-refractivity contribution < 1.29 is 17.9 Å². The normalized spacial score (nSPS) is 22.0. The van der Waals surface area contributed by atoms with E-state index in [1.54, 1.807) is 12.1 Å². The second-order valence-corrected chi connectivity index (χ2v) is 6.82. The van der Waals surface area contributed by atoms with Crippen LogP contribution in [0.3, 0.4) is 0 Å². The molecule has 2 rings (SSSR count). The zero-order valence-corrected chi connectivity index (χ0v) is 13.0. The number of methoxy groups -OCH3 is 1. The van der Waals surface area contributed by atoms with E-state index in [1.165, 1.54) is 7.11 Å². The quantitative estimate of drug-likeness (QED) is 0.690. The van der Waals surface area contributed by atoms with Crippen LogP contribution >= 0.6 is 0 Å². The van der Waals surface area contributed by atoms with E-state index in [0.29, 0.717) is 5.69 Å². The molecule has 0 aromatic heterocycles. The van der Waals surface area contributed by atoms with Crippen LogP contribution in [-0.4, -0.2) is 33.4 Å². The number of nitrogens with one attached hydrogen (secondary N) is 3. The summed E-state index contributed by atoms with van der Waals surface area (Å²) in [5, 5.41) is -1.08. The summed E-state index contributed by atoms with van der Waals surface area (Å²) in [5.41, 5.74) is 7.81. The van der Waals surface area contributed by atoms with Gasteiger partial charge in [-0.15, -0.1) is 0 Å². The summed E-state index contributed by atoms with van der Waals surface area (Å²) in [7, 11) is -2.53. The van der Waals surface area contributed by atoms with Gasteiger partial charge in [0.05, 0.1) is 7.11 Å². The highest BCUT2D eigenvalue weighted by atomic mass is 32.2. The number of hydrogen-bond donors (Lipinski definition) is 3. The maximum Gasteiger partial charge on any atom is 0.312 e. The van der Waals surface area contributed by atoms with Gasteiger partial charge in [0.1, 0.15) is 5.92 Å². The second-order valence-electron chi connectivity index (χ2n) is 5.02. The molecule has 0 bridgehead atoms. The van der Waals surface area contributed by atoms with Crippen LogP contribution in [0.15, 0.2) is 18.2 Å². The number of hydrogen-bond acceptors (Lipinski definition) is 6. The highest BCUT2D eigenvalue weighted by Gasteiger charge is 2.42. The van der Waals surface area contributed by atoms with Gasteiger partial charge in [-0.3, -0.25) is 14.9 Å². The summed E-state index contributed by atoms with van der Waals surface area (Å²) in [6.07, 6.45) is 0. The molecule has 7 nitrogen and oxygen atoms in total. The minimum Gasteiger partial charge on any atom is -0.469 e. The predicted octanol–water partition coefficient (Wildman–Crippen LogP) is 0.268. The number of esters is 1. The molecule has 1 saturated heterocycles. The van der Waals surface area contributed by atoms with Gasteiger partial charge in [-0.1, -0.05) is 6.07 Å². The number of carbonyl (C=O) groups is 1. The van der Waals surface area contributed by atoms with Gasteiger partial charge in [0, 0.05) is 12.2 Å². The van der Waals surface area contributed by atoms with Crippen LogP contribution in [0.25, 0.3) is 0 Å². The fraction of sp³-hybridized carbons (Fsp3) is 0.462. The van der Waals surface area contributed by atoms with Gasteiger partial charge in [-0.2, -0.15) is 0 Å². The molecular weight excluding hydrogens is 294 g/mol. The van der Waals surface area contributed by atoms with Gasteiger partial charge >= 0.3 is 5.97 Å². The maximum absolute atomic E-state index is 12.4. The Morgan fingerprint density at radius 3 is 2.67 bits per heavy atom. The van der Waals surface area contributed by atoms with E-state index < -0.39 is 27.3 Å². The molecule has 1 aliphatic rings. The molecule has 0 saturated carbocycles. The highest BCUT2D eigenvalue weighted by Crippen LogP contribution is 2.20. The molecular formula is C13H19N3O4S. The third-order valence-electron chi connectivity index (χ3n) is 3.54. The predicted molar refractivity (Wildman–Crippen MR) is 78.9 cm³/mol. The lowest BCUT2D eigenvalue weighted by molar-refractivity contribution is -0.144. The number of benzene rings is 1. The number of hydrazine groups is 1. The minimum atomic E-state index is -3.77. The zero-order chi connectivity index (χ0) is 15.6. The Kier molecular flexibility index (Phi) is 4.50. The van der Waals surface area contributed by atoms with Gasteiger partial charge in [0.25, 0.3) is 10.0 Å². The molecule has 0 spiro atoms. The van der Waals surface area contributed by atoms with E-state index in [2.05, 4.69) is 20.3 Å². The number of carbonyl (C=O) groups excluding carboxylic acids is 1. The van der Waals surface area contributed by atoms with E-state index in [-0.39, 0.29) is 6.54 Å². The van der Waals surface area contributed by atoms with Gasteiger partial charge in [0.15, 0.2) is 5.37 Å². The highest BCUT2D eigenvalue weighted by molar-refractivity contribution is 7.93. The molecule has 1 aromatic carbocycles. The lowest BCUT2D eigenvalue weighted by atomic mass is 10.1. The minimum absolute atomic E-state index is 0.200.